The molecular weight excluding hydrogens is 152 g/mol. The molecular formula is C10H20O2. The van der Waals surface area contributed by atoms with Crippen LogP contribution >= 0.6 is 0 Å². The lowest BCUT2D eigenvalue weighted by Gasteiger charge is -2.00. The van der Waals surface area contributed by atoms with E-state index < -0.39 is 0 Å². The van der Waals surface area contributed by atoms with E-state index in [2.05, 4.69) is 6.92 Å². The Bertz CT molecular complexity index is 110. The van der Waals surface area contributed by atoms with Gasteiger partial charge in [0.05, 0.1) is 0 Å². The third-order valence-corrected chi connectivity index (χ3v) is 1.70. The van der Waals surface area contributed by atoms with E-state index in [1.807, 2.05) is 0 Å². The summed E-state index contributed by atoms with van der Waals surface area (Å²) in [6.07, 6.45) is 6.19. The second kappa shape index (κ2) is 8.72. The van der Waals surface area contributed by atoms with Crippen LogP contribution in [0.1, 0.15) is 46.0 Å². The number of ether oxygens (including phenoxy) is 1. The van der Waals surface area contributed by atoms with Gasteiger partial charge in [0.15, 0.2) is 5.78 Å². The van der Waals surface area contributed by atoms with E-state index >= 15 is 0 Å². The Morgan fingerprint density at radius 1 is 1.17 bits per heavy atom. The van der Waals surface area contributed by atoms with Crippen molar-refractivity contribution in [2.45, 2.75) is 46.0 Å². The van der Waals surface area contributed by atoms with Crippen LogP contribution in [0.2, 0.25) is 0 Å². The first-order valence-electron chi connectivity index (χ1n) is 4.84. The van der Waals surface area contributed by atoms with Crippen LogP contribution in [-0.2, 0) is 9.53 Å². The van der Waals surface area contributed by atoms with Crippen LogP contribution in [0.25, 0.3) is 0 Å². The number of carbonyl (C=O) groups excluding carboxylic acids is 1. The molecule has 0 fully saturated rings. The molecule has 72 valence electrons. The Kier molecular flexibility index (Phi) is 8.46. The number of unbranched alkanes of at least 4 members (excludes halogenated alkanes) is 4. The van der Waals surface area contributed by atoms with Crippen molar-refractivity contribution in [1.82, 2.24) is 0 Å². The van der Waals surface area contributed by atoms with Gasteiger partial charge < -0.3 is 4.74 Å². The molecule has 0 amide bonds. The van der Waals surface area contributed by atoms with E-state index in [1.54, 1.807) is 6.92 Å². The molecule has 0 heterocycles. The molecule has 0 aromatic carbocycles. The van der Waals surface area contributed by atoms with Gasteiger partial charge in [0.25, 0.3) is 0 Å². The molecule has 0 aromatic rings. The first-order valence-corrected chi connectivity index (χ1v) is 4.84. The summed E-state index contributed by atoms with van der Waals surface area (Å²) in [7, 11) is 0. The number of carbonyl (C=O) groups is 1. The minimum Gasteiger partial charge on any atom is -0.374 e. The van der Waals surface area contributed by atoms with Gasteiger partial charge in [0, 0.05) is 6.61 Å². The van der Waals surface area contributed by atoms with Crippen LogP contribution < -0.4 is 0 Å². The van der Waals surface area contributed by atoms with Crippen LogP contribution in [0.15, 0.2) is 0 Å². The molecule has 0 N–H and O–H groups in total. The molecule has 0 bridgehead atoms. The minimum absolute atomic E-state index is 0.114. The Morgan fingerprint density at radius 2 is 1.83 bits per heavy atom. The summed E-state index contributed by atoms with van der Waals surface area (Å²) < 4.78 is 5.13. The lowest BCUT2D eigenvalue weighted by atomic mass is 10.2. The number of Topliss-reactive ketones (excluding diaryl/α,β-unsaturated/α-hetero) is 1. The molecule has 2 heteroatoms. The normalized spacial score (nSPS) is 10.2. The van der Waals surface area contributed by atoms with Crippen LogP contribution in [0, 0.1) is 0 Å². The molecule has 12 heavy (non-hydrogen) atoms. The molecule has 0 saturated heterocycles. The van der Waals surface area contributed by atoms with Crippen molar-refractivity contribution in [2.24, 2.45) is 0 Å². The summed E-state index contributed by atoms with van der Waals surface area (Å²) >= 11 is 0. The van der Waals surface area contributed by atoms with Gasteiger partial charge in [-0.05, 0) is 13.3 Å². The van der Waals surface area contributed by atoms with Gasteiger partial charge in [0.1, 0.15) is 6.61 Å². The quantitative estimate of drug-likeness (QED) is 0.526. The standard InChI is InChI=1S/C10H20O2/c1-3-4-5-6-7-8-12-9-10(2)11/h3-9H2,1-2H3. The molecule has 0 radical (unpaired) electrons. The molecule has 0 saturated carbocycles. The van der Waals surface area contributed by atoms with E-state index in [9.17, 15) is 4.79 Å². The molecule has 0 unspecified atom stereocenters. The van der Waals surface area contributed by atoms with E-state index in [4.69, 9.17) is 4.74 Å². The lowest BCUT2D eigenvalue weighted by Crippen LogP contribution is -2.04. The van der Waals surface area contributed by atoms with E-state index in [1.165, 1.54) is 25.7 Å². The highest BCUT2D eigenvalue weighted by Crippen LogP contribution is 2.01. The van der Waals surface area contributed by atoms with Crippen LogP contribution in [0.5, 0.6) is 0 Å². The summed E-state index contributed by atoms with van der Waals surface area (Å²) in [5.74, 6) is 0.114. The summed E-state index contributed by atoms with van der Waals surface area (Å²) in [5.41, 5.74) is 0. The van der Waals surface area contributed by atoms with Crippen molar-refractivity contribution < 1.29 is 9.53 Å². The van der Waals surface area contributed by atoms with Gasteiger partial charge in [0.2, 0.25) is 0 Å². The van der Waals surface area contributed by atoms with Gasteiger partial charge in [-0.25, -0.2) is 0 Å². The van der Waals surface area contributed by atoms with Crippen LogP contribution in [0.3, 0.4) is 0 Å². The Hall–Kier alpha value is -0.370. The first kappa shape index (κ1) is 11.6. The van der Waals surface area contributed by atoms with Crippen LogP contribution in [0.4, 0.5) is 0 Å². The highest BCUT2D eigenvalue weighted by atomic mass is 16.5. The number of hydrogen-bond acceptors (Lipinski definition) is 2. The van der Waals surface area contributed by atoms with E-state index in [-0.39, 0.29) is 12.4 Å². The zero-order valence-electron chi connectivity index (χ0n) is 8.27. The predicted molar refractivity (Wildman–Crippen MR) is 50.3 cm³/mol. The summed E-state index contributed by atoms with van der Waals surface area (Å²) in [6.45, 7) is 4.78. The third-order valence-electron chi connectivity index (χ3n) is 1.70. The third kappa shape index (κ3) is 9.63. The molecule has 0 aliphatic rings. The Morgan fingerprint density at radius 3 is 2.42 bits per heavy atom. The highest BCUT2D eigenvalue weighted by molar-refractivity contribution is 5.76. The molecule has 2 nitrogen and oxygen atoms in total. The minimum atomic E-state index is 0.114. The van der Waals surface area contributed by atoms with Crippen molar-refractivity contribution in [3.8, 4) is 0 Å². The van der Waals surface area contributed by atoms with Crippen molar-refractivity contribution in [1.29, 1.82) is 0 Å². The molecule has 0 rings (SSSR count). The monoisotopic (exact) mass is 172 g/mol. The fourth-order valence-corrected chi connectivity index (χ4v) is 1.02. The average Bonchev–Trinajstić information content (AvgIpc) is 2.02. The zero-order valence-corrected chi connectivity index (χ0v) is 8.27. The zero-order chi connectivity index (χ0) is 9.23. The van der Waals surface area contributed by atoms with E-state index in [0.29, 0.717) is 0 Å². The Balaban J connectivity index is 2.86. The van der Waals surface area contributed by atoms with Crippen molar-refractivity contribution in [3.05, 3.63) is 0 Å². The van der Waals surface area contributed by atoms with Crippen molar-refractivity contribution in [2.75, 3.05) is 13.2 Å². The van der Waals surface area contributed by atoms with Gasteiger partial charge in [-0.3, -0.25) is 4.79 Å². The molecule has 0 atom stereocenters. The van der Waals surface area contributed by atoms with Crippen LogP contribution in [-0.4, -0.2) is 19.0 Å². The van der Waals surface area contributed by atoms with Gasteiger partial charge in [-0.2, -0.15) is 0 Å². The maximum absolute atomic E-state index is 10.5. The van der Waals surface area contributed by atoms with Gasteiger partial charge in [-0.15, -0.1) is 0 Å². The molecule has 0 aliphatic carbocycles. The molecule has 0 aliphatic heterocycles. The molecule has 0 aromatic heterocycles. The summed E-state index contributed by atoms with van der Waals surface area (Å²) in [5, 5.41) is 0. The first-order chi connectivity index (χ1) is 5.77. The topological polar surface area (TPSA) is 26.3 Å². The number of hydrogen-bond donors (Lipinski definition) is 0. The largest absolute Gasteiger partial charge is 0.374 e. The highest BCUT2D eigenvalue weighted by Gasteiger charge is 1.92. The Labute approximate surface area is 75.3 Å². The molecule has 0 spiro atoms. The maximum Gasteiger partial charge on any atom is 0.155 e. The van der Waals surface area contributed by atoms with Crippen molar-refractivity contribution >= 4 is 5.78 Å². The summed E-state index contributed by atoms with van der Waals surface area (Å²) in [4.78, 5) is 10.5. The van der Waals surface area contributed by atoms with Gasteiger partial charge in [-0.1, -0.05) is 32.6 Å². The van der Waals surface area contributed by atoms with Gasteiger partial charge >= 0.3 is 0 Å². The second-order valence-electron chi connectivity index (χ2n) is 3.17. The smallest absolute Gasteiger partial charge is 0.155 e. The predicted octanol–water partition coefficient (Wildman–Crippen LogP) is 2.56. The number of rotatable bonds is 8. The fourth-order valence-electron chi connectivity index (χ4n) is 1.02. The fraction of sp³-hybridized carbons (Fsp3) is 0.900. The van der Waals surface area contributed by atoms with Crippen molar-refractivity contribution in [3.63, 3.8) is 0 Å². The lowest BCUT2D eigenvalue weighted by molar-refractivity contribution is -0.121. The second-order valence-corrected chi connectivity index (χ2v) is 3.17. The maximum atomic E-state index is 10.5. The summed E-state index contributed by atoms with van der Waals surface area (Å²) in [6, 6.07) is 0. The van der Waals surface area contributed by atoms with E-state index in [0.717, 1.165) is 13.0 Å². The number of ketones is 1. The SMILES string of the molecule is CCCCCCCOCC(C)=O. The average molecular weight is 172 g/mol.